The topological polar surface area (TPSA) is 99.1 Å². The van der Waals surface area contributed by atoms with E-state index in [9.17, 15) is 13.2 Å². The molecule has 0 N–H and O–H groups in total. The van der Waals surface area contributed by atoms with E-state index in [1.165, 1.54) is 0 Å². The monoisotopic (exact) mass is 363 g/mol. The van der Waals surface area contributed by atoms with E-state index in [0.717, 1.165) is 17.8 Å². The number of hydrogen-bond acceptors (Lipinski definition) is 7. The maximum Gasteiger partial charge on any atom is 0.364 e. The van der Waals surface area contributed by atoms with Crippen molar-refractivity contribution >= 4 is 38.3 Å². The van der Waals surface area contributed by atoms with Crippen LogP contribution < -0.4 is 4.74 Å². The van der Waals surface area contributed by atoms with Gasteiger partial charge in [0.15, 0.2) is 11.4 Å². The van der Waals surface area contributed by atoms with Crippen LogP contribution >= 0.6 is 11.6 Å². The molecule has 0 spiro atoms. The number of para-hydroxylation sites is 1. The molecule has 0 bridgehead atoms. The van der Waals surface area contributed by atoms with E-state index in [-0.39, 0.29) is 16.5 Å². The molecule has 7 nitrogen and oxygen atoms in total. The van der Waals surface area contributed by atoms with Crippen LogP contribution in [0.15, 0.2) is 47.9 Å². The van der Waals surface area contributed by atoms with Crippen LogP contribution in [-0.2, 0) is 9.84 Å². The molecule has 0 fully saturated rings. The molecule has 0 unspecified atom stereocenters. The Morgan fingerprint density at radius 1 is 1.17 bits per heavy atom. The van der Waals surface area contributed by atoms with Crippen molar-refractivity contribution in [3.05, 3.63) is 53.4 Å². The summed E-state index contributed by atoms with van der Waals surface area (Å²) in [4.78, 5) is 23.8. The second-order valence-electron chi connectivity index (χ2n) is 4.84. The molecule has 122 valence electrons. The van der Waals surface area contributed by atoms with Gasteiger partial charge in [-0.05, 0) is 12.1 Å². The van der Waals surface area contributed by atoms with Crippen molar-refractivity contribution in [3.63, 3.8) is 0 Å². The molecular weight excluding hydrogens is 354 g/mol. The van der Waals surface area contributed by atoms with Crippen LogP contribution in [0.4, 0.5) is 0 Å². The molecule has 0 amide bonds. The van der Waals surface area contributed by atoms with Gasteiger partial charge in [0, 0.05) is 17.8 Å². The molecule has 2 aromatic heterocycles. The molecule has 9 heteroatoms. The molecule has 0 aliphatic heterocycles. The Bertz CT molecular complexity index is 1050. The SMILES string of the molecule is CS(=O)(=O)c1ncc(Cl)c(C(=O)Oc2cccc3cccnc23)n1. The van der Waals surface area contributed by atoms with Crippen LogP contribution in [0.2, 0.25) is 5.02 Å². The van der Waals surface area contributed by atoms with Crippen LogP contribution in [0.5, 0.6) is 5.75 Å². The van der Waals surface area contributed by atoms with Crippen molar-refractivity contribution in [2.24, 2.45) is 0 Å². The van der Waals surface area contributed by atoms with Gasteiger partial charge in [-0.15, -0.1) is 0 Å². The Labute approximate surface area is 142 Å². The van der Waals surface area contributed by atoms with E-state index < -0.39 is 21.0 Å². The first-order valence-electron chi connectivity index (χ1n) is 6.65. The van der Waals surface area contributed by atoms with Crippen LogP contribution in [0.3, 0.4) is 0 Å². The Balaban J connectivity index is 2.01. The lowest BCUT2D eigenvalue weighted by atomic mass is 10.2. The number of halogens is 1. The number of carbonyl (C=O) groups excluding carboxylic acids is 1. The van der Waals surface area contributed by atoms with Gasteiger partial charge in [0.25, 0.3) is 0 Å². The zero-order chi connectivity index (χ0) is 17.3. The van der Waals surface area contributed by atoms with Gasteiger partial charge < -0.3 is 4.74 Å². The predicted octanol–water partition coefficient (Wildman–Crippen LogP) is 2.30. The molecule has 0 radical (unpaired) electrons. The number of ether oxygens (including phenoxy) is 1. The fourth-order valence-electron chi connectivity index (χ4n) is 1.98. The van der Waals surface area contributed by atoms with Crippen molar-refractivity contribution in [3.8, 4) is 5.75 Å². The van der Waals surface area contributed by atoms with Gasteiger partial charge in [-0.1, -0.05) is 29.8 Å². The van der Waals surface area contributed by atoms with Crippen molar-refractivity contribution in [2.75, 3.05) is 6.26 Å². The predicted molar refractivity (Wildman–Crippen MR) is 86.9 cm³/mol. The highest BCUT2D eigenvalue weighted by molar-refractivity contribution is 7.90. The van der Waals surface area contributed by atoms with E-state index in [0.29, 0.717) is 5.52 Å². The molecule has 24 heavy (non-hydrogen) atoms. The summed E-state index contributed by atoms with van der Waals surface area (Å²) in [6.07, 6.45) is 3.54. The van der Waals surface area contributed by atoms with E-state index in [4.69, 9.17) is 16.3 Å². The second-order valence-corrected chi connectivity index (χ2v) is 7.16. The molecular formula is C15H10ClN3O4S. The standard InChI is InChI=1S/C15H10ClN3O4S/c1-24(21,22)15-18-8-10(16)13(19-15)14(20)23-11-6-2-4-9-5-3-7-17-12(9)11/h2-8H,1H3. The quantitative estimate of drug-likeness (QED) is 0.400. The van der Waals surface area contributed by atoms with E-state index in [1.54, 1.807) is 24.4 Å². The number of nitrogens with zero attached hydrogens (tertiary/aromatic N) is 3. The summed E-state index contributed by atoms with van der Waals surface area (Å²) in [6.45, 7) is 0. The molecule has 1 aromatic carbocycles. The van der Waals surface area contributed by atoms with Gasteiger partial charge in [0.05, 0.1) is 11.2 Å². The average Bonchev–Trinajstić information content (AvgIpc) is 2.54. The zero-order valence-electron chi connectivity index (χ0n) is 12.3. The summed E-state index contributed by atoms with van der Waals surface area (Å²) < 4.78 is 28.3. The van der Waals surface area contributed by atoms with Gasteiger partial charge in [-0.2, -0.15) is 0 Å². The lowest BCUT2D eigenvalue weighted by Crippen LogP contribution is -2.15. The van der Waals surface area contributed by atoms with Gasteiger partial charge in [0.1, 0.15) is 5.52 Å². The largest absolute Gasteiger partial charge is 0.419 e. The molecule has 0 saturated carbocycles. The number of pyridine rings is 1. The Morgan fingerprint density at radius 3 is 2.67 bits per heavy atom. The van der Waals surface area contributed by atoms with E-state index >= 15 is 0 Å². The van der Waals surface area contributed by atoms with Crippen molar-refractivity contribution < 1.29 is 17.9 Å². The van der Waals surface area contributed by atoms with Crippen molar-refractivity contribution in [1.29, 1.82) is 0 Å². The molecule has 3 rings (SSSR count). The number of esters is 1. The Hall–Kier alpha value is -2.58. The molecule has 0 saturated heterocycles. The number of hydrogen-bond donors (Lipinski definition) is 0. The van der Waals surface area contributed by atoms with E-state index in [1.807, 2.05) is 12.1 Å². The minimum atomic E-state index is -3.68. The van der Waals surface area contributed by atoms with Crippen LogP contribution in [0.1, 0.15) is 10.5 Å². The summed E-state index contributed by atoms with van der Waals surface area (Å²) in [5.41, 5.74) is 0.155. The first-order chi connectivity index (χ1) is 11.4. The summed E-state index contributed by atoms with van der Waals surface area (Å²) in [5, 5.41) is 0.170. The fraction of sp³-hybridized carbons (Fsp3) is 0.0667. The third kappa shape index (κ3) is 3.19. The van der Waals surface area contributed by atoms with Crippen LogP contribution in [0, 0.1) is 0 Å². The summed E-state index contributed by atoms with van der Waals surface area (Å²) in [6, 6.07) is 8.67. The number of benzene rings is 1. The Morgan fingerprint density at radius 2 is 1.92 bits per heavy atom. The maximum absolute atomic E-state index is 12.3. The van der Waals surface area contributed by atoms with Crippen LogP contribution in [-0.4, -0.2) is 35.6 Å². The molecule has 0 aliphatic carbocycles. The first kappa shape index (κ1) is 16.3. The molecule has 2 heterocycles. The summed E-state index contributed by atoms with van der Waals surface area (Å²) in [5.74, 6) is -0.681. The van der Waals surface area contributed by atoms with Gasteiger partial charge in [0.2, 0.25) is 15.0 Å². The number of carbonyl (C=O) groups is 1. The second kappa shape index (κ2) is 6.14. The minimum absolute atomic E-state index is 0.111. The average molecular weight is 364 g/mol. The highest BCUT2D eigenvalue weighted by Crippen LogP contribution is 2.25. The molecule has 0 aliphatic rings. The number of rotatable bonds is 3. The smallest absolute Gasteiger partial charge is 0.364 e. The van der Waals surface area contributed by atoms with Gasteiger partial charge in [-0.3, -0.25) is 4.98 Å². The van der Waals surface area contributed by atoms with Crippen molar-refractivity contribution in [2.45, 2.75) is 5.16 Å². The highest BCUT2D eigenvalue weighted by atomic mass is 35.5. The third-order valence-corrected chi connectivity index (χ3v) is 4.18. The molecule has 3 aromatic rings. The van der Waals surface area contributed by atoms with Crippen LogP contribution in [0.25, 0.3) is 10.9 Å². The molecule has 0 atom stereocenters. The lowest BCUT2D eigenvalue weighted by molar-refractivity contribution is 0.0729. The van der Waals surface area contributed by atoms with E-state index in [2.05, 4.69) is 15.0 Å². The highest BCUT2D eigenvalue weighted by Gasteiger charge is 2.21. The number of aromatic nitrogens is 3. The minimum Gasteiger partial charge on any atom is -0.419 e. The summed E-state index contributed by atoms with van der Waals surface area (Å²) >= 11 is 5.89. The maximum atomic E-state index is 12.3. The summed E-state index contributed by atoms with van der Waals surface area (Å²) in [7, 11) is -3.68. The lowest BCUT2D eigenvalue weighted by Gasteiger charge is -2.08. The zero-order valence-corrected chi connectivity index (χ0v) is 13.9. The number of sulfone groups is 1. The first-order valence-corrected chi connectivity index (χ1v) is 8.92. The van der Waals surface area contributed by atoms with Gasteiger partial charge in [-0.25, -0.2) is 23.2 Å². The number of fused-ring (bicyclic) bond motifs is 1. The van der Waals surface area contributed by atoms with Gasteiger partial charge >= 0.3 is 5.97 Å². The third-order valence-electron chi connectivity index (χ3n) is 3.05. The Kier molecular flexibility index (Phi) is 4.16. The normalized spacial score (nSPS) is 11.4. The van der Waals surface area contributed by atoms with Crippen molar-refractivity contribution in [1.82, 2.24) is 15.0 Å². The fourth-order valence-corrected chi connectivity index (χ4v) is 2.65.